The molecule has 1 N–H and O–H groups in total. The van der Waals surface area contributed by atoms with Crippen LogP contribution in [-0.4, -0.2) is 218 Å². The van der Waals surface area contributed by atoms with Gasteiger partial charge in [0.25, 0.3) is 0 Å². The van der Waals surface area contributed by atoms with E-state index in [2.05, 4.69) is 45.7 Å². The molecule has 25 heavy (non-hydrogen) atoms. The van der Waals surface area contributed by atoms with Crippen molar-refractivity contribution in [1.82, 2.24) is 10.3 Å². The SMILES string of the molecule is O=C(N[C](=[V])c1c[c-]n[c-]c1)c1[c-]cccc1.[Rb+].[Rb+].[Rb][Rb].[Rb][Rb].[Rb][Rb]. The molecule has 1 heterocycles. The maximum atomic E-state index is 11.8. The first kappa shape index (κ1) is 44.7. The van der Waals surface area contributed by atoms with E-state index in [1.165, 1.54) is 0 Å². The zero-order valence-electron chi connectivity index (χ0n) is 16.8. The summed E-state index contributed by atoms with van der Waals surface area (Å²) in [5, 5.41) is 2.76. The molecule has 0 fully saturated rings. The van der Waals surface area contributed by atoms with Crippen LogP contribution >= 0.6 is 0 Å². The molecule has 1 aromatic carbocycles. The van der Waals surface area contributed by atoms with Crippen LogP contribution in [0.2, 0.25) is 0 Å². The van der Waals surface area contributed by atoms with Gasteiger partial charge in [0.15, 0.2) is 0 Å². The molecule has 1 amide bonds. The van der Waals surface area contributed by atoms with Gasteiger partial charge >= 0.3 is 428 Å². The van der Waals surface area contributed by atoms with E-state index < -0.39 is 0 Å². The summed E-state index contributed by atoms with van der Waals surface area (Å²) in [5.74, 6) is -0.196. The second kappa shape index (κ2) is 36.7. The number of nitrogens with one attached hydrogen (secondary N) is 1. The van der Waals surface area contributed by atoms with Gasteiger partial charge in [-0.25, -0.2) is 0 Å². The molecule has 0 bridgehead atoms. The molecule has 0 aliphatic carbocycles. The van der Waals surface area contributed by atoms with E-state index in [4.69, 9.17) is 0 Å². The van der Waals surface area contributed by atoms with Crippen LogP contribution in [0.15, 0.2) is 36.4 Å². The minimum atomic E-state index is -0.196. The van der Waals surface area contributed by atoms with Crippen molar-refractivity contribution in [3.63, 3.8) is 0 Å². The molecule has 2 aromatic rings. The van der Waals surface area contributed by atoms with E-state index in [9.17, 15) is 4.79 Å². The van der Waals surface area contributed by atoms with E-state index in [1.54, 1.807) is 30.3 Å². The van der Waals surface area contributed by atoms with E-state index in [0.717, 1.165) is 209 Å². The molecule has 0 saturated heterocycles. The molecule has 0 atom stereocenters. The van der Waals surface area contributed by atoms with Crippen LogP contribution in [0.1, 0.15) is 15.9 Å². The number of rotatable bonds is 3. The normalized spacial score (nSPS) is 7.48. The quantitative estimate of drug-likeness (QED) is 0.312. The summed E-state index contributed by atoms with van der Waals surface area (Å²) in [6, 6.07) is 13.2. The van der Waals surface area contributed by atoms with Crippen molar-refractivity contribution in [2.75, 3.05) is 0 Å². The van der Waals surface area contributed by atoms with Crippen molar-refractivity contribution in [3.8, 4) is 0 Å². The Hall–Kier alpha value is 12.7. The first-order chi connectivity index (χ1) is 11.3. The summed E-state index contributed by atoms with van der Waals surface area (Å²) in [7, 11) is 0. The number of carbonyl (C=O) groups is 1. The molecule has 1 aromatic heterocycles. The number of aromatic nitrogens is 1. The van der Waals surface area contributed by atoms with E-state index in [-0.39, 0.29) is 122 Å². The third kappa shape index (κ3) is 26.7. The second-order valence-corrected chi connectivity index (χ2v) is 3.89. The Bertz CT molecular complexity index is 499. The van der Waals surface area contributed by atoms with E-state index in [0.29, 0.717) is 9.91 Å². The van der Waals surface area contributed by atoms with E-state index in [1.807, 2.05) is 6.07 Å². The number of hydrogen-bond donors (Lipinski definition) is 1. The van der Waals surface area contributed by atoms with Crippen molar-refractivity contribution >= 4 is 213 Å². The van der Waals surface area contributed by atoms with E-state index >= 15 is 0 Å². The second-order valence-electron chi connectivity index (χ2n) is 3.19. The van der Waals surface area contributed by atoms with Gasteiger partial charge in [-0.15, -0.1) is 0 Å². The van der Waals surface area contributed by atoms with Crippen LogP contribution in [0.25, 0.3) is 0 Å². The third-order valence-corrected chi connectivity index (χ3v) is 2.61. The van der Waals surface area contributed by atoms with Gasteiger partial charge in [-0.05, 0) is 0 Å². The summed E-state index contributed by atoms with van der Waals surface area (Å²) in [6.07, 6.45) is 5.32. The fraction of sp³-hybridized carbons (Fsp3) is 0. The van der Waals surface area contributed by atoms with Crippen molar-refractivity contribution < 1.29 is 138 Å². The summed E-state index contributed by atoms with van der Waals surface area (Å²) in [5.41, 5.74) is 1.31. The number of amides is 1. The summed E-state index contributed by atoms with van der Waals surface area (Å²) < 4.78 is 0.676. The molecule has 2 rings (SSSR count). The van der Waals surface area contributed by atoms with Crippen LogP contribution in [0.4, 0.5) is 0 Å². The topological polar surface area (TPSA) is 42.0 Å². The standard InChI is InChI=1S/C13H7N2O.8Rb.V/c16-13(12-4-2-1-3-5-12)15-10-11-6-8-14-9-7-11;;;;;;;;;/h1-4,6-7H,(H,15,16);;;;;;;;;/q-3;;;;;;;2*+1;. The molecule has 0 radical (unpaired) electrons. The van der Waals surface area contributed by atoms with Crippen LogP contribution in [0.3, 0.4) is 0 Å². The van der Waals surface area contributed by atoms with Crippen molar-refractivity contribution in [2.24, 2.45) is 0 Å². The maximum absolute atomic E-state index is 11.8. The van der Waals surface area contributed by atoms with Crippen LogP contribution in [0.5, 0.6) is 0 Å². The summed E-state index contributed by atoms with van der Waals surface area (Å²) in [4.78, 5) is 15.5. The van der Waals surface area contributed by atoms with Crippen molar-refractivity contribution in [3.05, 3.63) is 66.0 Å². The van der Waals surface area contributed by atoms with Gasteiger partial charge < -0.3 is 0 Å². The number of hydrogen-bond acceptors (Lipinski definition) is 2. The van der Waals surface area contributed by atoms with Crippen molar-refractivity contribution in [2.45, 2.75) is 0 Å². The Morgan fingerprint density at radius 3 is 1.96 bits per heavy atom. The Balaban J connectivity index is -0.000000250. The predicted octanol–water partition coefficient (Wildman–Crippen LogP) is -7.34. The predicted molar refractivity (Wildman–Crippen MR) is 93.3 cm³/mol. The van der Waals surface area contributed by atoms with Gasteiger partial charge in [0.05, 0.1) is 0 Å². The van der Waals surface area contributed by atoms with Gasteiger partial charge in [-0.1, -0.05) is 0 Å². The van der Waals surface area contributed by atoms with Crippen LogP contribution in [-0.2, 0) is 17.0 Å². The molecule has 0 spiro atoms. The van der Waals surface area contributed by atoms with Crippen LogP contribution < -0.4 is 122 Å². The summed E-state index contributed by atoms with van der Waals surface area (Å²) in [6.45, 7) is 0. The number of nitrogens with zero attached hydrogens (tertiary/aromatic N) is 1. The Morgan fingerprint density at radius 2 is 1.52 bits per heavy atom. The van der Waals surface area contributed by atoms with Gasteiger partial charge in [0.2, 0.25) is 0 Å². The molecule has 0 aliphatic rings. The minimum absolute atomic E-state index is 0. The number of carbonyl (C=O) groups excluding carboxylic acids is 1. The zero-order chi connectivity index (χ0) is 18.1. The molecule has 89 valence electrons. The molecule has 3 nitrogen and oxygen atoms in total. The zero-order valence-corrected chi connectivity index (χ0v) is 57.5. The van der Waals surface area contributed by atoms with Crippen molar-refractivity contribution in [1.29, 1.82) is 0 Å². The average Bonchev–Trinajstić information content (AvgIpc) is 2.68. The first-order valence-corrected chi connectivity index (χ1v) is 111. The Morgan fingerprint density at radius 1 is 1.00 bits per heavy atom. The Labute approximate surface area is 405 Å². The number of pyridine rings is 1. The molecular formula is C13H7N2ORb8V-. The summed E-state index contributed by atoms with van der Waals surface area (Å²) >= 11 is 9.27. The fourth-order valence-electron chi connectivity index (χ4n) is 1.20. The van der Waals surface area contributed by atoms with Gasteiger partial charge in [-0.3, -0.25) is 0 Å². The van der Waals surface area contributed by atoms with Gasteiger partial charge in [0.1, 0.15) is 0 Å². The average molecular weight is 942 g/mol. The molecular weight excluding hydrogens is 935 g/mol. The monoisotopic (exact) mass is 937 g/mol. The fourth-order valence-corrected chi connectivity index (χ4v) is 1.56. The van der Waals surface area contributed by atoms with Gasteiger partial charge in [0, 0.05) is 0 Å². The molecule has 0 unspecified atom stereocenters. The molecule has 12 heteroatoms. The molecule has 0 saturated carbocycles. The Kier molecular flexibility index (Phi) is 65.8. The third-order valence-electron chi connectivity index (χ3n) is 2.03. The van der Waals surface area contributed by atoms with Gasteiger partial charge in [-0.2, -0.15) is 0 Å². The molecule has 0 aliphatic heterocycles. The number of benzene rings is 1. The first-order valence-electron chi connectivity index (χ1n) is 7.86. The van der Waals surface area contributed by atoms with Crippen LogP contribution in [0, 0.1) is 18.5 Å².